The van der Waals surface area contributed by atoms with Crippen LogP contribution in [0.5, 0.6) is 0 Å². The highest BCUT2D eigenvalue weighted by atomic mass is 16.6. The van der Waals surface area contributed by atoms with Crippen LogP contribution in [0, 0.1) is 16.0 Å². The van der Waals surface area contributed by atoms with E-state index in [9.17, 15) is 14.9 Å². The Kier molecular flexibility index (Phi) is 6.02. The van der Waals surface area contributed by atoms with Crippen LogP contribution in [0.3, 0.4) is 0 Å². The number of rotatable bonds is 5. The molecule has 0 aromatic carbocycles. The summed E-state index contributed by atoms with van der Waals surface area (Å²) in [5, 5.41) is 15.1. The quantitative estimate of drug-likeness (QED) is 0.594. The van der Waals surface area contributed by atoms with Crippen LogP contribution < -0.4 is 0 Å². The molecule has 0 bridgehead atoms. The van der Waals surface area contributed by atoms with E-state index in [2.05, 4.69) is 12.0 Å². The Labute approximate surface area is 148 Å². The van der Waals surface area contributed by atoms with Crippen LogP contribution in [0.2, 0.25) is 0 Å². The van der Waals surface area contributed by atoms with Crippen LogP contribution in [0.15, 0.2) is 12.4 Å². The molecule has 0 saturated carbocycles. The van der Waals surface area contributed by atoms with E-state index >= 15 is 0 Å². The van der Waals surface area contributed by atoms with Gasteiger partial charge < -0.3 is 9.64 Å². The highest BCUT2D eigenvalue weighted by Crippen LogP contribution is 2.33. The average Bonchev–Trinajstić information content (AvgIpc) is 3.01. The summed E-state index contributed by atoms with van der Waals surface area (Å²) in [5.74, 6) is 0.209. The Morgan fingerprint density at radius 1 is 1.48 bits per heavy atom. The number of nitrogens with zero attached hydrogens (tertiary/aromatic N) is 4. The van der Waals surface area contributed by atoms with Crippen molar-refractivity contribution in [2.24, 2.45) is 5.92 Å². The van der Waals surface area contributed by atoms with E-state index in [1.807, 2.05) is 20.8 Å². The van der Waals surface area contributed by atoms with Crippen molar-refractivity contribution in [3.05, 3.63) is 22.5 Å². The molecule has 1 fully saturated rings. The molecule has 2 heterocycles. The van der Waals surface area contributed by atoms with Crippen molar-refractivity contribution in [2.75, 3.05) is 13.1 Å². The molecule has 1 aromatic rings. The van der Waals surface area contributed by atoms with Gasteiger partial charge in [-0.2, -0.15) is 5.10 Å². The second-order valence-electron chi connectivity index (χ2n) is 7.62. The molecule has 2 rings (SSSR count). The molecular formula is C17H28N4O4. The van der Waals surface area contributed by atoms with Gasteiger partial charge in [-0.3, -0.25) is 14.8 Å². The number of piperidine rings is 1. The Hall–Kier alpha value is -2.12. The van der Waals surface area contributed by atoms with Crippen molar-refractivity contribution >= 4 is 11.8 Å². The van der Waals surface area contributed by atoms with Gasteiger partial charge >= 0.3 is 11.8 Å². The van der Waals surface area contributed by atoms with Crippen LogP contribution in [-0.4, -0.2) is 44.4 Å². The van der Waals surface area contributed by atoms with Gasteiger partial charge in [-0.1, -0.05) is 19.8 Å². The maximum atomic E-state index is 12.4. The number of likely N-dealkylation sites (tertiary alicyclic amines) is 1. The highest BCUT2D eigenvalue weighted by molar-refractivity contribution is 5.68. The van der Waals surface area contributed by atoms with E-state index in [4.69, 9.17) is 4.74 Å². The molecule has 1 aliphatic rings. The van der Waals surface area contributed by atoms with Gasteiger partial charge in [-0.05, 0) is 39.5 Å². The van der Waals surface area contributed by atoms with Crippen LogP contribution in [-0.2, 0) is 4.74 Å². The molecule has 2 unspecified atom stereocenters. The second kappa shape index (κ2) is 7.84. The summed E-state index contributed by atoms with van der Waals surface area (Å²) in [6, 6.07) is 0.0685. The molecule has 1 amide bonds. The number of hydrogen-bond donors (Lipinski definition) is 0. The molecule has 2 atom stereocenters. The molecule has 8 heteroatoms. The molecule has 140 valence electrons. The molecule has 0 spiro atoms. The molecule has 0 aliphatic carbocycles. The Morgan fingerprint density at radius 3 is 2.76 bits per heavy atom. The van der Waals surface area contributed by atoms with E-state index in [-0.39, 0.29) is 23.7 Å². The molecule has 8 nitrogen and oxygen atoms in total. The molecule has 0 N–H and O–H groups in total. The fourth-order valence-corrected chi connectivity index (χ4v) is 3.21. The van der Waals surface area contributed by atoms with Crippen molar-refractivity contribution in [2.45, 2.75) is 65.0 Å². The first-order valence-corrected chi connectivity index (χ1v) is 8.87. The number of carbonyl (C=O) groups is 1. The van der Waals surface area contributed by atoms with Gasteiger partial charge in [-0.15, -0.1) is 0 Å². The number of ether oxygens (including phenoxy) is 1. The Bertz CT molecular complexity index is 608. The zero-order valence-corrected chi connectivity index (χ0v) is 15.5. The summed E-state index contributed by atoms with van der Waals surface area (Å²) in [5.41, 5.74) is -0.515. The van der Waals surface area contributed by atoms with Crippen LogP contribution in [0.25, 0.3) is 0 Å². The number of nitro groups is 1. The lowest BCUT2D eigenvalue weighted by Crippen LogP contribution is -2.46. The fraction of sp³-hybridized carbons (Fsp3) is 0.765. The van der Waals surface area contributed by atoms with Crippen LogP contribution in [0.1, 0.15) is 59.4 Å². The van der Waals surface area contributed by atoms with Gasteiger partial charge in [-0.25, -0.2) is 4.79 Å². The minimum atomic E-state index is -0.518. The monoisotopic (exact) mass is 352 g/mol. The zero-order valence-electron chi connectivity index (χ0n) is 15.5. The third-order valence-corrected chi connectivity index (χ3v) is 4.41. The third kappa shape index (κ3) is 5.17. The van der Waals surface area contributed by atoms with Crippen molar-refractivity contribution in [3.8, 4) is 0 Å². The first-order chi connectivity index (χ1) is 11.7. The lowest BCUT2D eigenvalue weighted by atomic mass is 9.88. The number of unbranched alkanes of at least 4 members (excludes halogenated alkanes) is 1. The summed E-state index contributed by atoms with van der Waals surface area (Å²) in [6.45, 7) is 8.85. The predicted octanol–water partition coefficient (Wildman–Crippen LogP) is 3.78. The van der Waals surface area contributed by atoms with E-state index in [1.165, 1.54) is 12.4 Å². The number of aromatic nitrogens is 2. The minimum Gasteiger partial charge on any atom is -0.444 e. The highest BCUT2D eigenvalue weighted by Gasteiger charge is 2.35. The first-order valence-electron chi connectivity index (χ1n) is 8.87. The van der Waals surface area contributed by atoms with Gasteiger partial charge in [0.25, 0.3) is 0 Å². The van der Waals surface area contributed by atoms with Gasteiger partial charge in [0.2, 0.25) is 0 Å². The largest absolute Gasteiger partial charge is 0.444 e. The lowest BCUT2D eigenvalue weighted by molar-refractivity contribution is -0.385. The maximum absolute atomic E-state index is 12.4. The fourth-order valence-electron chi connectivity index (χ4n) is 3.21. The van der Waals surface area contributed by atoms with Crippen molar-refractivity contribution in [3.63, 3.8) is 0 Å². The standard InChI is InChI=1S/C17H28N4O4/c1-5-6-7-13-11-19(16(22)25-17(2,3)4)9-8-15(13)20-12-14(10-18-20)21(23)24/h10,12-13,15H,5-9,11H2,1-4H3. The Morgan fingerprint density at radius 2 is 2.20 bits per heavy atom. The smallest absolute Gasteiger partial charge is 0.410 e. The lowest BCUT2D eigenvalue weighted by Gasteiger charge is -2.39. The van der Waals surface area contributed by atoms with Gasteiger partial charge in [0.15, 0.2) is 0 Å². The average molecular weight is 352 g/mol. The summed E-state index contributed by atoms with van der Waals surface area (Å²) in [6.07, 6.45) is 6.27. The van der Waals surface area contributed by atoms with Crippen molar-refractivity contribution in [1.29, 1.82) is 0 Å². The molecule has 0 radical (unpaired) electrons. The van der Waals surface area contributed by atoms with Gasteiger partial charge in [0, 0.05) is 13.1 Å². The number of hydrogen-bond acceptors (Lipinski definition) is 5. The Balaban J connectivity index is 2.11. The van der Waals surface area contributed by atoms with E-state index in [0.717, 1.165) is 19.3 Å². The summed E-state index contributed by atoms with van der Waals surface area (Å²) < 4.78 is 7.18. The predicted molar refractivity (Wildman–Crippen MR) is 93.4 cm³/mol. The molecule has 1 aromatic heterocycles. The SMILES string of the molecule is CCCCC1CN(C(=O)OC(C)(C)C)CCC1n1cc([N+](=O)[O-])cn1. The number of carbonyl (C=O) groups excluding carboxylic acids is 1. The normalized spacial score (nSPS) is 21.2. The number of amides is 1. The minimum absolute atomic E-state index is 0.00353. The summed E-state index contributed by atoms with van der Waals surface area (Å²) in [7, 11) is 0. The maximum Gasteiger partial charge on any atom is 0.410 e. The van der Waals surface area contributed by atoms with Gasteiger partial charge in [0.05, 0.1) is 11.0 Å². The van der Waals surface area contributed by atoms with Crippen LogP contribution in [0.4, 0.5) is 10.5 Å². The van der Waals surface area contributed by atoms with E-state index in [0.29, 0.717) is 19.5 Å². The summed E-state index contributed by atoms with van der Waals surface area (Å²) in [4.78, 5) is 24.6. The van der Waals surface area contributed by atoms with Crippen LogP contribution >= 0.6 is 0 Å². The summed E-state index contributed by atoms with van der Waals surface area (Å²) >= 11 is 0. The van der Waals surface area contributed by atoms with E-state index in [1.54, 1.807) is 9.58 Å². The molecular weight excluding hydrogens is 324 g/mol. The van der Waals surface area contributed by atoms with Gasteiger partial charge in [0.1, 0.15) is 18.0 Å². The topological polar surface area (TPSA) is 90.5 Å². The zero-order chi connectivity index (χ0) is 18.6. The second-order valence-corrected chi connectivity index (χ2v) is 7.62. The molecule has 1 saturated heterocycles. The third-order valence-electron chi connectivity index (χ3n) is 4.41. The molecule has 25 heavy (non-hydrogen) atoms. The molecule has 1 aliphatic heterocycles. The first kappa shape index (κ1) is 19.2. The van der Waals surface area contributed by atoms with E-state index < -0.39 is 10.5 Å². The van der Waals surface area contributed by atoms with Crippen molar-refractivity contribution in [1.82, 2.24) is 14.7 Å². The van der Waals surface area contributed by atoms with Crippen molar-refractivity contribution < 1.29 is 14.5 Å².